The first-order chi connectivity index (χ1) is 13.1. The highest BCUT2D eigenvalue weighted by molar-refractivity contribution is 5.96. The van der Waals surface area contributed by atoms with Gasteiger partial charge < -0.3 is 10.1 Å². The van der Waals surface area contributed by atoms with Crippen LogP contribution < -0.4 is 15.5 Å². The van der Waals surface area contributed by atoms with E-state index in [0.717, 1.165) is 12.0 Å². The summed E-state index contributed by atoms with van der Waals surface area (Å²) in [6, 6.07) is 14.0. The fourth-order valence-electron chi connectivity index (χ4n) is 2.25. The number of para-hydroxylation sites is 1. The van der Waals surface area contributed by atoms with Crippen molar-refractivity contribution in [1.82, 2.24) is 5.43 Å². The van der Waals surface area contributed by atoms with Gasteiger partial charge in [0.1, 0.15) is 12.4 Å². The van der Waals surface area contributed by atoms with E-state index < -0.39 is 0 Å². The van der Waals surface area contributed by atoms with Gasteiger partial charge in [0.2, 0.25) is 5.91 Å². The Morgan fingerprint density at radius 2 is 1.89 bits per heavy atom. The molecule has 0 bridgehead atoms. The van der Waals surface area contributed by atoms with Gasteiger partial charge in [0.25, 0.3) is 5.91 Å². The number of hydrogen-bond donors (Lipinski definition) is 2. The minimum atomic E-state index is -0.345. The van der Waals surface area contributed by atoms with Crippen LogP contribution in [0.15, 0.2) is 66.3 Å². The second-order valence-corrected chi connectivity index (χ2v) is 5.71. The minimum Gasteiger partial charge on any atom is -0.489 e. The molecule has 27 heavy (non-hydrogen) atoms. The van der Waals surface area contributed by atoms with Gasteiger partial charge in [-0.05, 0) is 42.8 Å². The molecule has 2 aromatic rings. The molecule has 0 saturated heterocycles. The van der Waals surface area contributed by atoms with Crippen LogP contribution in [0.4, 0.5) is 5.69 Å². The lowest BCUT2D eigenvalue weighted by Gasteiger charge is -2.07. The van der Waals surface area contributed by atoms with Crippen LogP contribution in [0.5, 0.6) is 5.75 Å². The van der Waals surface area contributed by atoms with Crippen LogP contribution in [-0.2, 0) is 4.79 Å². The Morgan fingerprint density at radius 3 is 2.59 bits per heavy atom. The van der Waals surface area contributed by atoms with Crippen LogP contribution in [0, 0.1) is 0 Å². The molecule has 6 nitrogen and oxygen atoms in total. The van der Waals surface area contributed by atoms with E-state index in [1.54, 1.807) is 30.3 Å². The highest BCUT2D eigenvalue weighted by Crippen LogP contribution is 2.15. The van der Waals surface area contributed by atoms with Gasteiger partial charge in [0, 0.05) is 23.2 Å². The molecular weight excluding hydrogens is 342 g/mol. The first-order valence-electron chi connectivity index (χ1n) is 8.70. The van der Waals surface area contributed by atoms with E-state index in [0.29, 0.717) is 30.0 Å². The van der Waals surface area contributed by atoms with Crippen molar-refractivity contribution < 1.29 is 14.3 Å². The van der Waals surface area contributed by atoms with Gasteiger partial charge >= 0.3 is 0 Å². The summed E-state index contributed by atoms with van der Waals surface area (Å²) >= 11 is 0. The molecule has 0 spiro atoms. The number of hydrazone groups is 1. The molecule has 0 radical (unpaired) electrons. The van der Waals surface area contributed by atoms with Crippen molar-refractivity contribution in [1.29, 1.82) is 0 Å². The van der Waals surface area contributed by atoms with Crippen molar-refractivity contribution in [3.05, 3.63) is 72.3 Å². The highest BCUT2D eigenvalue weighted by atomic mass is 16.5. The summed E-state index contributed by atoms with van der Waals surface area (Å²) in [6.07, 6.45) is 4.43. The van der Waals surface area contributed by atoms with Gasteiger partial charge in [-0.3, -0.25) is 9.59 Å². The topological polar surface area (TPSA) is 79.8 Å². The quantitative estimate of drug-likeness (QED) is 0.403. The molecule has 2 aromatic carbocycles. The van der Waals surface area contributed by atoms with Gasteiger partial charge in [-0.2, -0.15) is 5.10 Å². The van der Waals surface area contributed by atoms with Gasteiger partial charge in [0.15, 0.2) is 0 Å². The number of nitrogens with zero attached hydrogens (tertiary/aromatic N) is 1. The third kappa shape index (κ3) is 6.43. The molecule has 0 fully saturated rings. The smallest absolute Gasteiger partial charge is 0.271 e. The molecule has 0 heterocycles. The molecule has 0 aromatic heterocycles. The Hall–Kier alpha value is -3.41. The summed E-state index contributed by atoms with van der Waals surface area (Å²) in [4.78, 5) is 23.7. The molecular formula is C21H23N3O3. The van der Waals surface area contributed by atoms with Crippen LogP contribution in [-0.4, -0.2) is 24.6 Å². The number of rotatable bonds is 9. The Morgan fingerprint density at radius 1 is 1.15 bits per heavy atom. The number of carbonyl (C=O) groups excluding carboxylic acids is 2. The van der Waals surface area contributed by atoms with Gasteiger partial charge in [-0.25, -0.2) is 5.43 Å². The molecule has 0 atom stereocenters. The maximum Gasteiger partial charge on any atom is 0.271 e. The monoisotopic (exact) mass is 365 g/mol. The summed E-state index contributed by atoms with van der Waals surface area (Å²) in [7, 11) is 0. The van der Waals surface area contributed by atoms with E-state index in [2.05, 4.69) is 22.4 Å². The molecule has 140 valence electrons. The van der Waals surface area contributed by atoms with E-state index in [1.165, 1.54) is 6.21 Å². The summed E-state index contributed by atoms with van der Waals surface area (Å²) in [5, 5.41) is 6.76. The number of ether oxygens (including phenoxy) is 1. The Kier molecular flexibility index (Phi) is 7.78. The predicted octanol–water partition coefficient (Wildman–Crippen LogP) is 3.75. The summed E-state index contributed by atoms with van der Waals surface area (Å²) in [6.45, 7) is 5.95. The van der Waals surface area contributed by atoms with Crippen LogP contribution in [0.25, 0.3) is 0 Å². The zero-order valence-corrected chi connectivity index (χ0v) is 15.3. The lowest BCUT2D eigenvalue weighted by molar-refractivity contribution is -0.116. The molecule has 2 amide bonds. The lowest BCUT2D eigenvalue weighted by atomic mass is 10.2. The molecule has 0 saturated carbocycles. The molecule has 0 unspecified atom stereocenters. The molecule has 0 aliphatic heterocycles. The number of hydrogen-bond acceptors (Lipinski definition) is 4. The van der Waals surface area contributed by atoms with Crippen molar-refractivity contribution in [2.45, 2.75) is 19.8 Å². The van der Waals surface area contributed by atoms with Gasteiger partial charge in [-0.15, -0.1) is 0 Å². The highest BCUT2D eigenvalue weighted by Gasteiger charge is 2.06. The van der Waals surface area contributed by atoms with Crippen molar-refractivity contribution in [3.8, 4) is 5.75 Å². The third-order valence-corrected chi connectivity index (χ3v) is 3.55. The van der Waals surface area contributed by atoms with Crippen molar-refractivity contribution in [2.24, 2.45) is 5.10 Å². The largest absolute Gasteiger partial charge is 0.489 e. The average molecular weight is 365 g/mol. The van der Waals surface area contributed by atoms with Crippen LogP contribution in [0.2, 0.25) is 0 Å². The second kappa shape index (κ2) is 10.6. The predicted molar refractivity (Wildman–Crippen MR) is 107 cm³/mol. The van der Waals surface area contributed by atoms with Gasteiger partial charge in [-0.1, -0.05) is 31.7 Å². The molecule has 6 heteroatoms. The molecule has 0 aliphatic rings. The van der Waals surface area contributed by atoms with Crippen molar-refractivity contribution in [3.63, 3.8) is 0 Å². The Balaban J connectivity index is 1.94. The standard InChI is InChI=1S/C21H23N3O3/c1-3-7-20(25)23-18-12-10-16(11-13-18)21(26)24-22-15-17-8-5-6-9-19(17)27-14-4-2/h4-6,8-13,15H,2-3,7,14H2,1H3,(H,23,25)(H,24,26)/b22-15+. The summed E-state index contributed by atoms with van der Waals surface area (Å²) in [5.74, 6) is 0.265. The molecule has 0 aliphatic carbocycles. The summed E-state index contributed by atoms with van der Waals surface area (Å²) < 4.78 is 5.53. The fourth-order valence-corrected chi connectivity index (χ4v) is 2.25. The van der Waals surface area contributed by atoms with Crippen LogP contribution >= 0.6 is 0 Å². The van der Waals surface area contributed by atoms with E-state index in [-0.39, 0.29) is 11.8 Å². The van der Waals surface area contributed by atoms with E-state index in [1.807, 2.05) is 31.2 Å². The van der Waals surface area contributed by atoms with E-state index in [9.17, 15) is 9.59 Å². The zero-order valence-electron chi connectivity index (χ0n) is 15.3. The second-order valence-electron chi connectivity index (χ2n) is 5.71. The van der Waals surface area contributed by atoms with Gasteiger partial charge in [0.05, 0.1) is 6.21 Å². The number of nitrogens with one attached hydrogen (secondary N) is 2. The van der Waals surface area contributed by atoms with Crippen LogP contribution in [0.3, 0.4) is 0 Å². The normalized spacial score (nSPS) is 10.4. The van der Waals surface area contributed by atoms with Crippen molar-refractivity contribution >= 4 is 23.7 Å². The Bertz CT molecular complexity index is 814. The fraction of sp³-hybridized carbons (Fsp3) is 0.190. The number of benzene rings is 2. The first-order valence-corrected chi connectivity index (χ1v) is 8.70. The lowest BCUT2D eigenvalue weighted by Crippen LogP contribution is -2.18. The van der Waals surface area contributed by atoms with E-state index >= 15 is 0 Å². The molecule has 2 N–H and O–H groups in total. The number of amides is 2. The Labute approximate surface area is 158 Å². The third-order valence-electron chi connectivity index (χ3n) is 3.55. The maximum atomic E-state index is 12.2. The average Bonchev–Trinajstić information content (AvgIpc) is 2.68. The summed E-state index contributed by atoms with van der Waals surface area (Å²) in [5.41, 5.74) is 4.32. The first kappa shape index (κ1) is 19.9. The SMILES string of the molecule is C=CCOc1ccccc1/C=N/NC(=O)c1ccc(NC(=O)CCC)cc1. The van der Waals surface area contributed by atoms with Crippen LogP contribution in [0.1, 0.15) is 35.7 Å². The minimum absolute atomic E-state index is 0.0448. The van der Waals surface area contributed by atoms with Crippen molar-refractivity contribution in [2.75, 3.05) is 11.9 Å². The molecule has 2 rings (SSSR count). The zero-order chi connectivity index (χ0) is 19.5. The number of anilines is 1. The maximum absolute atomic E-state index is 12.2. The van der Waals surface area contributed by atoms with E-state index in [4.69, 9.17) is 4.74 Å². The number of carbonyl (C=O) groups is 2.